The molecule has 0 spiro atoms. The maximum Gasteiger partial charge on any atom is 0.307 e. The fourth-order valence-electron chi connectivity index (χ4n) is 10.4. The normalized spacial score (nSPS) is 46.6. The minimum Gasteiger partial charge on any atom is -0.501 e. The van der Waals surface area contributed by atoms with Gasteiger partial charge >= 0.3 is 5.97 Å². The van der Waals surface area contributed by atoms with Crippen LogP contribution in [0.2, 0.25) is 0 Å². The zero-order chi connectivity index (χ0) is 24.1. The molecule has 0 aromatic rings. The first-order chi connectivity index (χ1) is 16.4. The van der Waals surface area contributed by atoms with Crippen molar-refractivity contribution in [1.29, 1.82) is 0 Å². The lowest BCUT2D eigenvalue weighted by molar-refractivity contribution is -0.172. The molecule has 9 atom stereocenters. The molecule has 1 aliphatic heterocycles. The highest BCUT2D eigenvalue weighted by atomic mass is 16.4. The number of carbonyl (C=O) groups excluding carboxylic acids is 1. The van der Waals surface area contributed by atoms with E-state index in [2.05, 4.69) is 11.8 Å². The number of aliphatic hydroxyl groups excluding tert-OH is 2. The summed E-state index contributed by atoms with van der Waals surface area (Å²) in [5.41, 5.74) is -0.802. The van der Waals surface area contributed by atoms with E-state index >= 15 is 0 Å². The molecule has 5 aliphatic rings. The molecule has 3 N–H and O–H groups in total. The molecule has 0 amide bonds. The first kappa shape index (κ1) is 24.3. The van der Waals surface area contributed by atoms with E-state index in [9.17, 15) is 24.9 Å². The van der Waals surface area contributed by atoms with Gasteiger partial charge in [0.25, 0.3) is 0 Å². The van der Waals surface area contributed by atoms with E-state index in [0.717, 1.165) is 32.1 Å². The van der Waals surface area contributed by atoms with Crippen molar-refractivity contribution < 1.29 is 24.9 Å². The number of nitrogens with zero attached hydrogens (tertiary/aromatic N) is 1. The van der Waals surface area contributed by atoms with Gasteiger partial charge < -0.3 is 15.3 Å². The van der Waals surface area contributed by atoms with Crippen molar-refractivity contribution in [3.63, 3.8) is 0 Å². The molecule has 0 radical (unpaired) electrons. The summed E-state index contributed by atoms with van der Waals surface area (Å²) in [7, 11) is 0. The van der Waals surface area contributed by atoms with E-state index in [-0.39, 0.29) is 23.7 Å². The average Bonchev–Trinajstić information content (AvgIpc) is 3.25. The van der Waals surface area contributed by atoms with Crippen LogP contribution in [0.3, 0.4) is 0 Å². The minimum absolute atomic E-state index is 0.0480. The lowest BCUT2D eigenvalue weighted by atomic mass is 9.41. The van der Waals surface area contributed by atoms with E-state index in [4.69, 9.17) is 0 Å². The van der Waals surface area contributed by atoms with Gasteiger partial charge in [0.15, 0.2) is 11.7 Å². The van der Waals surface area contributed by atoms with Crippen LogP contribution in [0.15, 0.2) is 5.76 Å². The zero-order valence-electron chi connectivity index (χ0n) is 20.8. The molecular weight excluding hydrogens is 430 g/mol. The van der Waals surface area contributed by atoms with Crippen LogP contribution in [-0.4, -0.2) is 57.9 Å². The summed E-state index contributed by atoms with van der Waals surface area (Å²) >= 11 is 0. The summed E-state index contributed by atoms with van der Waals surface area (Å²) in [6, 6.07) is 0.542. The van der Waals surface area contributed by atoms with E-state index in [0.29, 0.717) is 42.6 Å². The number of carboxylic acid groups (broad SMARTS) is 1. The molecule has 190 valence electrons. The zero-order valence-corrected chi connectivity index (χ0v) is 20.8. The number of carboxylic acids is 1. The van der Waals surface area contributed by atoms with Crippen LogP contribution in [-0.2, 0) is 9.59 Å². The molecule has 5 fully saturated rings. The second kappa shape index (κ2) is 9.26. The van der Waals surface area contributed by atoms with Crippen molar-refractivity contribution in [2.75, 3.05) is 19.7 Å². The average molecular weight is 474 g/mol. The van der Waals surface area contributed by atoms with Gasteiger partial charge in [-0.25, -0.2) is 4.79 Å². The molecule has 34 heavy (non-hydrogen) atoms. The Labute approximate surface area is 203 Å². The van der Waals surface area contributed by atoms with Crippen molar-refractivity contribution in [2.24, 2.45) is 46.3 Å². The SMILES string of the molecule is C[C@]12C(CC[C@@H]3[C@@H]1CC[C@]1(C(O)=C=O)C(C(=O)O)CC[C@@H]31)C(CCO)CCC2N1CCCCC1. The topological polar surface area (TPSA) is 98.1 Å². The Morgan fingerprint density at radius 2 is 1.68 bits per heavy atom. The number of likely N-dealkylation sites (tertiary alicyclic amines) is 1. The van der Waals surface area contributed by atoms with E-state index in [1.807, 2.05) is 0 Å². The molecule has 4 unspecified atom stereocenters. The Hall–Kier alpha value is -1.36. The fraction of sp³-hybridized carbons (Fsp3) is 0.893. The van der Waals surface area contributed by atoms with Crippen LogP contribution in [0.5, 0.6) is 0 Å². The molecule has 0 aromatic carbocycles. The summed E-state index contributed by atoms with van der Waals surface area (Å²) in [5.74, 6) is 1.86. The van der Waals surface area contributed by atoms with E-state index < -0.39 is 17.3 Å². The molecular formula is C28H43NO5. The van der Waals surface area contributed by atoms with E-state index in [1.54, 1.807) is 5.94 Å². The Bertz CT molecular complexity index is 833. The highest BCUT2D eigenvalue weighted by Gasteiger charge is 2.67. The van der Waals surface area contributed by atoms with E-state index in [1.165, 1.54) is 45.2 Å². The quantitative estimate of drug-likeness (QED) is 0.403. The van der Waals surface area contributed by atoms with Crippen LogP contribution in [0.4, 0.5) is 0 Å². The van der Waals surface area contributed by atoms with Crippen molar-refractivity contribution in [2.45, 2.75) is 90.0 Å². The summed E-state index contributed by atoms with van der Waals surface area (Å²) < 4.78 is 0. The number of rotatable bonds is 5. The third-order valence-corrected chi connectivity index (χ3v) is 11.6. The molecule has 1 saturated heterocycles. The Morgan fingerprint density at radius 1 is 0.941 bits per heavy atom. The first-order valence-corrected chi connectivity index (χ1v) is 13.9. The van der Waals surface area contributed by atoms with Gasteiger partial charge in [-0.15, -0.1) is 0 Å². The number of hydrogen-bond donors (Lipinski definition) is 3. The Balaban J connectivity index is 1.53. The summed E-state index contributed by atoms with van der Waals surface area (Å²) in [4.78, 5) is 26.7. The molecule has 1 heterocycles. The minimum atomic E-state index is -0.933. The maximum absolute atomic E-state index is 12.2. The van der Waals surface area contributed by atoms with Gasteiger partial charge in [0.2, 0.25) is 0 Å². The van der Waals surface area contributed by atoms with Crippen molar-refractivity contribution in [3.8, 4) is 0 Å². The number of aliphatic hydroxyl groups is 2. The lowest BCUT2D eigenvalue weighted by Gasteiger charge is -2.65. The second-order valence-electron chi connectivity index (χ2n) is 12.4. The fourth-order valence-corrected chi connectivity index (χ4v) is 10.4. The van der Waals surface area contributed by atoms with Crippen molar-refractivity contribution in [1.82, 2.24) is 4.90 Å². The number of fused-ring (bicyclic) bond motifs is 5. The third-order valence-electron chi connectivity index (χ3n) is 11.6. The third kappa shape index (κ3) is 3.43. The maximum atomic E-state index is 12.2. The molecule has 6 heteroatoms. The van der Waals surface area contributed by atoms with Gasteiger partial charge in [-0.05, 0) is 119 Å². The van der Waals surface area contributed by atoms with Gasteiger partial charge in [0.05, 0.1) is 11.3 Å². The molecule has 4 aliphatic carbocycles. The monoisotopic (exact) mass is 473 g/mol. The van der Waals surface area contributed by atoms with Gasteiger partial charge in [0, 0.05) is 12.6 Å². The highest BCUT2D eigenvalue weighted by molar-refractivity contribution is 5.73. The summed E-state index contributed by atoms with van der Waals surface area (Å²) in [5, 5.41) is 30.7. The standard InChI is InChI=1S/C28H43NO5/c1-27-20(18(12-16-30)5-10-24(27)29-14-3-2-4-15-29)7-6-19-21(27)11-13-28(25(32)17-31)22(19)8-9-23(28)26(33)34/h18-24,30,32H,2-16H2,1H3,(H,33,34)/t18?,19-,20?,21+,22+,23?,24?,27+,28-/m1/s1. The van der Waals surface area contributed by atoms with Crippen LogP contribution in [0, 0.1) is 46.3 Å². The smallest absolute Gasteiger partial charge is 0.307 e. The predicted octanol–water partition coefficient (Wildman–Crippen LogP) is 4.45. The molecule has 0 bridgehead atoms. The second-order valence-corrected chi connectivity index (χ2v) is 12.4. The first-order valence-electron chi connectivity index (χ1n) is 13.9. The van der Waals surface area contributed by atoms with Crippen LogP contribution in [0.25, 0.3) is 0 Å². The Morgan fingerprint density at radius 3 is 2.35 bits per heavy atom. The summed E-state index contributed by atoms with van der Waals surface area (Å²) in [6.07, 6.45) is 12.1. The number of allylic oxidation sites excluding steroid dienone is 1. The largest absolute Gasteiger partial charge is 0.501 e. The van der Waals surface area contributed by atoms with Crippen LogP contribution < -0.4 is 0 Å². The van der Waals surface area contributed by atoms with Crippen LogP contribution in [0.1, 0.15) is 84.0 Å². The summed E-state index contributed by atoms with van der Waals surface area (Å²) in [6.45, 7) is 5.14. The molecule has 6 nitrogen and oxygen atoms in total. The number of aliphatic carboxylic acids is 1. The number of piperidine rings is 1. The van der Waals surface area contributed by atoms with Crippen molar-refractivity contribution in [3.05, 3.63) is 5.76 Å². The van der Waals surface area contributed by atoms with Gasteiger partial charge in [-0.1, -0.05) is 13.3 Å². The van der Waals surface area contributed by atoms with Gasteiger partial charge in [-0.2, -0.15) is 0 Å². The highest BCUT2D eigenvalue weighted by Crippen LogP contribution is 2.70. The van der Waals surface area contributed by atoms with Gasteiger partial charge in [-0.3, -0.25) is 9.69 Å². The van der Waals surface area contributed by atoms with Crippen molar-refractivity contribution >= 4 is 11.9 Å². The number of hydrogen-bond acceptors (Lipinski definition) is 5. The molecule has 5 rings (SSSR count). The van der Waals surface area contributed by atoms with Crippen LogP contribution >= 0.6 is 0 Å². The predicted molar refractivity (Wildman–Crippen MR) is 129 cm³/mol. The molecule has 0 aromatic heterocycles. The molecule has 4 saturated carbocycles. The Kier molecular flexibility index (Phi) is 6.63. The number of carbonyl (C=O) groups is 1. The lowest BCUT2D eigenvalue weighted by Crippen LogP contribution is -2.64. The van der Waals surface area contributed by atoms with Gasteiger partial charge in [0.1, 0.15) is 0 Å².